The van der Waals surface area contributed by atoms with Crippen LogP contribution in [-0.4, -0.2) is 0 Å². The summed E-state index contributed by atoms with van der Waals surface area (Å²) in [6, 6.07) is 6.05. The maximum absolute atomic E-state index is 6.16. The van der Waals surface area contributed by atoms with Crippen molar-refractivity contribution in [2.24, 2.45) is 5.73 Å². The molecule has 1 rings (SSSR count). The molecule has 1 atom stereocenters. The second-order valence-electron chi connectivity index (χ2n) is 4.07. The Kier molecular flexibility index (Phi) is 7.82. The van der Waals surface area contributed by atoms with Crippen molar-refractivity contribution in [2.75, 3.05) is 0 Å². The fourth-order valence-electron chi connectivity index (χ4n) is 1.87. The largest absolute Gasteiger partial charge is 0.324 e. The van der Waals surface area contributed by atoms with E-state index in [1.807, 2.05) is 12.1 Å². The van der Waals surface area contributed by atoms with Crippen LogP contribution in [0.2, 0.25) is 5.02 Å². The predicted molar refractivity (Wildman–Crippen MR) is 74.5 cm³/mol. The molecular weight excluding hydrogens is 241 g/mol. The van der Waals surface area contributed by atoms with Crippen molar-refractivity contribution >= 4 is 24.0 Å². The van der Waals surface area contributed by atoms with E-state index in [0.717, 1.165) is 17.0 Å². The lowest BCUT2D eigenvalue weighted by atomic mass is 9.97. The zero-order valence-electron chi connectivity index (χ0n) is 10.0. The Balaban J connectivity index is 0.00000225. The zero-order chi connectivity index (χ0) is 11.3. The summed E-state index contributed by atoms with van der Waals surface area (Å²) < 4.78 is 0. The number of unbranched alkanes of at least 4 members (excludes halogenated alkanes) is 2. The third kappa shape index (κ3) is 4.32. The van der Waals surface area contributed by atoms with Crippen molar-refractivity contribution < 1.29 is 0 Å². The van der Waals surface area contributed by atoms with Crippen molar-refractivity contribution in [2.45, 2.75) is 45.6 Å². The minimum absolute atomic E-state index is 0. The Hall–Kier alpha value is -0.240. The van der Waals surface area contributed by atoms with Crippen molar-refractivity contribution in [3.05, 3.63) is 34.3 Å². The summed E-state index contributed by atoms with van der Waals surface area (Å²) in [6.07, 6.45) is 4.69. The molecule has 0 unspecified atom stereocenters. The van der Waals surface area contributed by atoms with Gasteiger partial charge < -0.3 is 5.73 Å². The maximum atomic E-state index is 6.16. The van der Waals surface area contributed by atoms with Gasteiger partial charge in [-0.25, -0.2) is 0 Å². The lowest BCUT2D eigenvalue weighted by Gasteiger charge is -2.16. The van der Waals surface area contributed by atoms with Crippen LogP contribution in [0.25, 0.3) is 0 Å². The Morgan fingerprint density at radius 3 is 2.56 bits per heavy atom. The quantitative estimate of drug-likeness (QED) is 0.768. The fraction of sp³-hybridized carbons (Fsp3) is 0.538. The van der Waals surface area contributed by atoms with Crippen LogP contribution in [0.15, 0.2) is 18.2 Å². The highest BCUT2D eigenvalue weighted by Crippen LogP contribution is 2.27. The molecule has 1 nitrogen and oxygen atoms in total. The van der Waals surface area contributed by atoms with E-state index in [1.54, 1.807) is 0 Å². The van der Waals surface area contributed by atoms with Crippen LogP contribution in [0, 0.1) is 6.92 Å². The van der Waals surface area contributed by atoms with Crippen molar-refractivity contribution in [3.8, 4) is 0 Å². The molecule has 0 bridgehead atoms. The molecule has 0 heterocycles. The van der Waals surface area contributed by atoms with E-state index < -0.39 is 0 Å². The normalized spacial score (nSPS) is 12.0. The van der Waals surface area contributed by atoms with Crippen LogP contribution in [0.3, 0.4) is 0 Å². The van der Waals surface area contributed by atoms with Gasteiger partial charge in [-0.3, -0.25) is 0 Å². The van der Waals surface area contributed by atoms with Gasteiger partial charge in [0.05, 0.1) is 0 Å². The molecule has 0 saturated heterocycles. The van der Waals surface area contributed by atoms with Gasteiger partial charge in [-0.1, -0.05) is 49.9 Å². The molecule has 2 N–H and O–H groups in total. The van der Waals surface area contributed by atoms with Gasteiger partial charge in [0.25, 0.3) is 0 Å². The first-order chi connectivity index (χ1) is 7.16. The van der Waals surface area contributed by atoms with Crippen molar-refractivity contribution in [1.29, 1.82) is 0 Å². The summed E-state index contributed by atoms with van der Waals surface area (Å²) in [7, 11) is 0. The van der Waals surface area contributed by atoms with E-state index in [0.29, 0.717) is 0 Å². The Morgan fingerprint density at radius 2 is 2.00 bits per heavy atom. The monoisotopic (exact) mass is 261 g/mol. The number of halogens is 2. The summed E-state index contributed by atoms with van der Waals surface area (Å²) in [6.45, 7) is 4.27. The number of hydrogen-bond donors (Lipinski definition) is 1. The SMILES string of the molecule is CCCCC[C@H](N)c1c(C)cccc1Cl.Cl. The van der Waals surface area contributed by atoms with Gasteiger partial charge in [0.2, 0.25) is 0 Å². The summed E-state index contributed by atoms with van der Waals surface area (Å²) >= 11 is 6.16. The third-order valence-electron chi connectivity index (χ3n) is 2.76. The summed E-state index contributed by atoms with van der Waals surface area (Å²) in [4.78, 5) is 0. The molecule has 0 aliphatic heterocycles. The molecular formula is C13H21Cl2N. The number of benzene rings is 1. The van der Waals surface area contributed by atoms with E-state index in [2.05, 4.69) is 19.9 Å². The Bertz CT molecular complexity index is 293. The van der Waals surface area contributed by atoms with Crippen LogP contribution in [0.5, 0.6) is 0 Å². The third-order valence-corrected chi connectivity index (χ3v) is 3.09. The van der Waals surface area contributed by atoms with Crippen LogP contribution in [0.1, 0.15) is 49.8 Å². The van der Waals surface area contributed by atoms with Gasteiger partial charge in [-0.05, 0) is 30.5 Å². The molecule has 0 fully saturated rings. The first-order valence-electron chi connectivity index (χ1n) is 5.67. The first-order valence-corrected chi connectivity index (χ1v) is 6.05. The smallest absolute Gasteiger partial charge is 0.0456 e. The fourth-order valence-corrected chi connectivity index (χ4v) is 2.23. The molecule has 0 aliphatic carbocycles. The minimum atomic E-state index is 0. The Morgan fingerprint density at radius 1 is 1.31 bits per heavy atom. The van der Waals surface area contributed by atoms with E-state index >= 15 is 0 Å². The molecule has 0 aromatic heterocycles. The van der Waals surface area contributed by atoms with Crippen LogP contribution in [0.4, 0.5) is 0 Å². The first kappa shape index (κ1) is 15.8. The molecule has 1 aromatic carbocycles. The Labute approximate surface area is 110 Å². The van der Waals surface area contributed by atoms with Gasteiger partial charge in [0.1, 0.15) is 0 Å². The number of nitrogens with two attached hydrogens (primary N) is 1. The summed E-state index contributed by atoms with van der Waals surface area (Å²) in [5.74, 6) is 0. The standard InChI is InChI=1S/C13H20ClN.ClH/c1-3-4-5-9-12(15)13-10(2)7-6-8-11(13)14;/h6-8,12H,3-5,9,15H2,1-2H3;1H/t12-;/m0./s1. The van der Waals surface area contributed by atoms with Crippen LogP contribution in [-0.2, 0) is 0 Å². The van der Waals surface area contributed by atoms with E-state index in [-0.39, 0.29) is 18.4 Å². The van der Waals surface area contributed by atoms with Gasteiger partial charge in [0.15, 0.2) is 0 Å². The van der Waals surface area contributed by atoms with Gasteiger partial charge in [-0.15, -0.1) is 12.4 Å². The van der Waals surface area contributed by atoms with Gasteiger partial charge >= 0.3 is 0 Å². The summed E-state index contributed by atoms with van der Waals surface area (Å²) in [5, 5.41) is 0.805. The lowest BCUT2D eigenvalue weighted by molar-refractivity contribution is 0.579. The minimum Gasteiger partial charge on any atom is -0.324 e. The molecule has 16 heavy (non-hydrogen) atoms. The second-order valence-corrected chi connectivity index (χ2v) is 4.48. The van der Waals surface area contributed by atoms with E-state index in [1.165, 1.54) is 24.8 Å². The van der Waals surface area contributed by atoms with Crippen molar-refractivity contribution in [3.63, 3.8) is 0 Å². The molecule has 0 aliphatic rings. The highest BCUT2D eigenvalue weighted by atomic mass is 35.5. The topological polar surface area (TPSA) is 26.0 Å². The highest BCUT2D eigenvalue weighted by molar-refractivity contribution is 6.31. The molecule has 92 valence electrons. The van der Waals surface area contributed by atoms with E-state index in [9.17, 15) is 0 Å². The maximum Gasteiger partial charge on any atom is 0.0456 e. The lowest BCUT2D eigenvalue weighted by Crippen LogP contribution is -2.12. The van der Waals surface area contributed by atoms with Gasteiger partial charge in [-0.2, -0.15) is 0 Å². The number of rotatable bonds is 5. The average Bonchev–Trinajstić information content (AvgIpc) is 2.18. The number of aryl methyl sites for hydroxylation is 1. The molecule has 0 amide bonds. The molecule has 1 aromatic rings. The summed E-state index contributed by atoms with van der Waals surface area (Å²) in [5.41, 5.74) is 8.47. The van der Waals surface area contributed by atoms with E-state index in [4.69, 9.17) is 17.3 Å². The molecule has 0 spiro atoms. The molecule has 0 saturated carbocycles. The van der Waals surface area contributed by atoms with Crippen molar-refractivity contribution in [1.82, 2.24) is 0 Å². The molecule has 3 heteroatoms. The van der Waals surface area contributed by atoms with Crippen LogP contribution >= 0.6 is 24.0 Å². The number of hydrogen-bond acceptors (Lipinski definition) is 1. The second kappa shape index (κ2) is 7.94. The molecule has 0 radical (unpaired) electrons. The predicted octanol–water partition coefficient (Wildman–Crippen LogP) is 4.65. The van der Waals surface area contributed by atoms with Crippen LogP contribution < -0.4 is 5.73 Å². The highest BCUT2D eigenvalue weighted by Gasteiger charge is 2.11. The average molecular weight is 262 g/mol. The zero-order valence-corrected chi connectivity index (χ0v) is 11.6. The van der Waals surface area contributed by atoms with Gasteiger partial charge in [0, 0.05) is 11.1 Å².